The van der Waals surface area contributed by atoms with Gasteiger partial charge in [-0.05, 0) is 43.9 Å². The molecule has 1 atom stereocenters. The van der Waals surface area contributed by atoms with E-state index in [2.05, 4.69) is 36.7 Å². The average Bonchev–Trinajstić information content (AvgIpc) is 3.14. The second-order valence-electron chi connectivity index (χ2n) is 6.76. The number of aromatic amines is 1. The van der Waals surface area contributed by atoms with Gasteiger partial charge in [0, 0.05) is 37.7 Å². The lowest BCUT2D eigenvalue weighted by molar-refractivity contribution is -0.121. The van der Waals surface area contributed by atoms with Gasteiger partial charge < -0.3 is 10.6 Å². The summed E-state index contributed by atoms with van der Waals surface area (Å²) < 4.78 is 2.08. The molecular weight excluding hydrogens is 304 g/mol. The quantitative estimate of drug-likeness (QED) is 0.771. The molecule has 0 saturated heterocycles. The first-order chi connectivity index (χ1) is 11.8. The maximum atomic E-state index is 12.3. The van der Waals surface area contributed by atoms with Crippen LogP contribution >= 0.6 is 0 Å². The van der Waals surface area contributed by atoms with E-state index < -0.39 is 0 Å². The van der Waals surface area contributed by atoms with Crippen molar-refractivity contribution >= 4 is 5.91 Å². The van der Waals surface area contributed by atoms with Gasteiger partial charge in [0.05, 0.1) is 17.6 Å². The van der Waals surface area contributed by atoms with Crippen LogP contribution in [0.3, 0.4) is 0 Å². The number of hydrogen-bond acceptors (Lipinski definition) is 4. The van der Waals surface area contributed by atoms with Crippen molar-refractivity contribution in [3.05, 3.63) is 34.9 Å². The predicted molar refractivity (Wildman–Crippen MR) is 89.4 cm³/mol. The maximum absolute atomic E-state index is 12.3. The van der Waals surface area contributed by atoms with Crippen LogP contribution < -0.4 is 10.6 Å². The van der Waals surface area contributed by atoms with E-state index in [0.29, 0.717) is 12.8 Å². The second-order valence-corrected chi connectivity index (χ2v) is 6.76. The number of rotatable bonds is 4. The lowest BCUT2D eigenvalue weighted by atomic mass is 9.93. The Morgan fingerprint density at radius 2 is 2.42 bits per heavy atom. The monoisotopic (exact) mass is 328 g/mol. The molecular formula is C17H24N6O. The fraction of sp³-hybridized carbons (Fsp3) is 0.588. The van der Waals surface area contributed by atoms with E-state index >= 15 is 0 Å². The molecule has 24 heavy (non-hydrogen) atoms. The molecule has 2 aliphatic rings. The SMILES string of the molecule is O=C(CCc1cc2n(n1)CCCNC2)NC1CCc2[nH]ncc2C1. The van der Waals surface area contributed by atoms with Crippen LogP contribution in [0, 0.1) is 0 Å². The molecule has 1 unspecified atom stereocenters. The normalized spacial score (nSPS) is 20.1. The standard InChI is InChI=1S/C17H24N6O/c24-17(20-13-2-4-16-12(8-13)10-19-21-16)5-3-14-9-15-11-18-6-1-7-23(15)22-14/h9-10,13,18H,1-8,11H2,(H,19,21)(H,20,24). The van der Waals surface area contributed by atoms with E-state index in [4.69, 9.17) is 0 Å². The Morgan fingerprint density at radius 1 is 1.46 bits per heavy atom. The molecule has 0 radical (unpaired) electrons. The molecule has 0 aromatic carbocycles. The van der Waals surface area contributed by atoms with Crippen LogP contribution in [0.25, 0.3) is 0 Å². The van der Waals surface area contributed by atoms with Crippen molar-refractivity contribution in [3.63, 3.8) is 0 Å². The number of H-pyrrole nitrogens is 1. The molecule has 1 amide bonds. The van der Waals surface area contributed by atoms with Gasteiger partial charge in [0.15, 0.2) is 0 Å². The number of fused-ring (bicyclic) bond motifs is 2. The van der Waals surface area contributed by atoms with Crippen molar-refractivity contribution < 1.29 is 4.79 Å². The Bertz CT molecular complexity index is 695. The van der Waals surface area contributed by atoms with Crippen LogP contribution in [0.4, 0.5) is 0 Å². The lowest BCUT2D eigenvalue weighted by Gasteiger charge is -2.22. The van der Waals surface area contributed by atoms with Gasteiger partial charge in [-0.3, -0.25) is 14.6 Å². The molecule has 128 valence electrons. The van der Waals surface area contributed by atoms with Crippen LogP contribution in [-0.2, 0) is 37.1 Å². The maximum Gasteiger partial charge on any atom is 0.220 e. The number of nitrogens with zero attached hydrogens (tertiary/aromatic N) is 3. The number of nitrogens with one attached hydrogen (secondary N) is 3. The summed E-state index contributed by atoms with van der Waals surface area (Å²) in [7, 11) is 0. The molecule has 3 heterocycles. The van der Waals surface area contributed by atoms with Gasteiger partial charge in [-0.25, -0.2) is 0 Å². The Kier molecular flexibility index (Phi) is 4.34. The van der Waals surface area contributed by atoms with Gasteiger partial charge in [-0.1, -0.05) is 0 Å². The van der Waals surface area contributed by atoms with E-state index in [9.17, 15) is 4.79 Å². The van der Waals surface area contributed by atoms with Gasteiger partial charge in [-0.2, -0.15) is 10.2 Å². The van der Waals surface area contributed by atoms with Gasteiger partial charge >= 0.3 is 0 Å². The molecule has 0 bridgehead atoms. The van der Waals surface area contributed by atoms with Crippen molar-refractivity contribution in [2.45, 2.75) is 57.7 Å². The van der Waals surface area contributed by atoms with Crippen LogP contribution in [0.5, 0.6) is 0 Å². The second kappa shape index (κ2) is 6.76. The summed E-state index contributed by atoms with van der Waals surface area (Å²) in [4.78, 5) is 12.3. The number of hydrogen-bond donors (Lipinski definition) is 3. The van der Waals surface area contributed by atoms with Gasteiger partial charge in [0.1, 0.15) is 0 Å². The molecule has 2 aromatic heterocycles. The van der Waals surface area contributed by atoms with Gasteiger partial charge in [-0.15, -0.1) is 0 Å². The molecule has 3 N–H and O–H groups in total. The molecule has 1 aliphatic carbocycles. The summed E-state index contributed by atoms with van der Waals surface area (Å²) >= 11 is 0. The molecule has 7 heteroatoms. The van der Waals surface area contributed by atoms with Crippen molar-refractivity contribution in [3.8, 4) is 0 Å². The van der Waals surface area contributed by atoms with E-state index in [0.717, 1.165) is 51.0 Å². The van der Waals surface area contributed by atoms with Crippen LogP contribution in [-0.4, -0.2) is 38.5 Å². The Labute approximate surface area is 141 Å². The van der Waals surface area contributed by atoms with Gasteiger partial charge in [0.2, 0.25) is 5.91 Å². The Balaban J connectivity index is 1.28. The number of aryl methyl sites for hydroxylation is 3. The largest absolute Gasteiger partial charge is 0.353 e. The van der Waals surface area contributed by atoms with Crippen molar-refractivity contribution in [1.82, 2.24) is 30.6 Å². The molecule has 7 nitrogen and oxygen atoms in total. The highest BCUT2D eigenvalue weighted by atomic mass is 16.1. The molecule has 0 saturated carbocycles. The first kappa shape index (κ1) is 15.4. The highest BCUT2D eigenvalue weighted by molar-refractivity contribution is 5.76. The van der Waals surface area contributed by atoms with E-state index in [1.807, 2.05) is 6.20 Å². The molecule has 0 fully saturated rings. The third kappa shape index (κ3) is 3.36. The molecule has 0 spiro atoms. The summed E-state index contributed by atoms with van der Waals surface area (Å²) in [5, 5.41) is 18.3. The summed E-state index contributed by atoms with van der Waals surface area (Å²) in [6, 6.07) is 2.36. The van der Waals surface area contributed by atoms with E-state index in [-0.39, 0.29) is 11.9 Å². The highest BCUT2D eigenvalue weighted by Gasteiger charge is 2.21. The lowest BCUT2D eigenvalue weighted by Crippen LogP contribution is -2.38. The third-order valence-electron chi connectivity index (χ3n) is 4.93. The summed E-state index contributed by atoms with van der Waals surface area (Å²) in [5.41, 5.74) is 4.69. The number of carbonyl (C=O) groups is 1. The highest BCUT2D eigenvalue weighted by Crippen LogP contribution is 2.19. The zero-order chi connectivity index (χ0) is 16.4. The van der Waals surface area contributed by atoms with E-state index in [1.165, 1.54) is 17.0 Å². The summed E-state index contributed by atoms with van der Waals surface area (Å²) in [5.74, 6) is 0.119. The Hall–Kier alpha value is -2.15. The van der Waals surface area contributed by atoms with Crippen molar-refractivity contribution in [1.29, 1.82) is 0 Å². The minimum absolute atomic E-state index is 0.119. The Morgan fingerprint density at radius 3 is 3.38 bits per heavy atom. The first-order valence-corrected chi connectivity index (χ1v) is 8.85. The van der Waals surface area contributed by atoms with Crippen LogP contribution in [0.1, 0.15) is 41.9 Å². The fourth-order valence-corrected chi connectivity index (χ4v) is 3.62. The predicted octanol–water partition coefficient (Wildman–Crippen LogP) is 0.706. The molecule has 1 aliphatic heterocycles. The summed E-state index contributed by atoms with van der Waals surface area (Å²) in [6.07, 6.45) is 6.99. The summed E-state index contributed by atoms with van der Waals surface area (Å²) in [6.45, 7) is 2.87. The zero-order valence-corrected chi connectivity index (χ0v) is 13.8. The van der Waals surface area contributed by atoms with Crippen LogP contribution in [0.2, 0.25) is 0 Å². The minimum Gasteiger partial charge on any atom is -0.353 e. The van der Waals surface area contributed by atoms with Crippen molar-refractivity contribution in [2.75, 3.05) is 6.54 Å². The van der Waals surface area contributed by atoms with Crippen molar-refractivity contribution in [2.24, 2.45) is 0 Å². The molecule has 4 rings (SSSR count). The topological polar surface area (TPSA) is 87.6 Å². The minimum atomic E-state index is 0.119. The number of carbonyl (C=O) groups excluding carboxylic acids is 1. The van der Waals surface area contributed by atoms with Gasteiger partial charge in [0.25, 0.3) is 0 Å². The first-order valence-electron chi connectivity index (χ1n) is 8.85. The smallest absolute Gasteiger partial charge is 0.220 e. The third-order valence-corrected chi connectivity index (χ3v) is 4.93. The van der Waals surface area contributed by atoms with E-state index in [1.54, 1.807) is 0 Å². The number of amides is 1. The van der Waals surface area contributed by atoms with Crippen LogP contribution in [0.15, 0.2) is 12.3 Å². The fourth-order valence-electron chi connectivity index (χ4n) is 3.62. The number of aromatic nitrogens is 4. The average molecular weight is 328 g/mol. The zero-order valence-electron chi connectivity index (χ0n) is 13.8. The molecule has 2 aromatic rings.